The molecule has 0 unspecified atom stereocenters. The lowest BCUT2D eigenvalue weighted by Crippen LogP contribution is -2.46. The molecule has 1 saturated carbocycles. The first-order valence-electron chi connectivity index (χ1n) is 10.5. The molecule has 0 atom stereocenters. The van der Waals surface area contributed by atoms with Crippen LogP contribution in [0.1, 0.15) is 48.0 Å². The first-order valence-corrected chi connectivity index (χ1v) is 10.8. The minimum Gasteiger partial charge on any atom is -0.365 e. The number of anilines is 1. The Morgan fingerprint density at radius 2 is 2.00 bits per heavy atom. The van der Waals surface area contributed by atoms with Crippen molar-refractivity contribution >= 4 is 29.2 Å². The third-order valence-electron chi connectivity index (χ3n) is 6.20. The van der Waals surface area contributed by atoms with Gasteiger partial charge in [0.1, 0.15) is 5.56 Å². The summed E-state index contributed by atoms with van der Waals surface area (Å²) in [6, 6.07) is 10.1. The quantitative estimate of drug-likeness (QED) is 0.686. The molecule has 1 aromatic heterocycles. The van der Waals surface area contributed by atoms with Crippen LogP contribution in [-0.2, 0) is 16.9 Å². The van der Waals surface area contributed by atoms with E-state index in [9.17, 15) is 14.9 Å². The molecule has 8 nitrogen and oxygen atoms in total. The summed E-state index contributed by atoms with van der Waals surface area (Å²) < 4.78 is 1.67. The molecule has 3 N–H and O–H groups in total. The van der Waals surface area contributed by atoms with E-state index in [-0.39, 0.29) is 29.6 Å². The van der Waals surface area contributed by atoms with Gasteiger partial charge in [-0.15, -0.1) is 0 Å². The largest absolute Gasteiger partial charge is 0.365 e. The van der Waals surface area contributed by atoms with Crippen molar-refractivity contribution in [2.24, 2.45) is 11.7 Å². The fourth-order valence-corrected chi connectivity index (χ4v) is 4.28. The van der Waals surface area contributed by atoms with Gasteiger partial charge in [-0.3, -0.25) is 19.2 Å². The number of hydrogen-bond acceptors (Lipinski definition) is 5. The molecule has 0 bridgehead atoms. The molecule has 2 amide bonds. The number of nitriles is 1. The van der Waals surface area contributed by atoms with Crippen LogP contribution in [0.25, 0.3) is 0 Å². The molecule has 1 aromatic carbocycles. The summed E-state index contributed by atoms with van der Waals surface area (Å²) in [6.07, 6.45) is 4.88. The van der Waals surface area contributed by atoms with Crippen molar-refractivity contribution in [1.82, 2.24) is 14.7 Å². The zero-order valence-corrected chi connectivity index (χ0v) is 17.9. The van der Waals surface area contributed by atoms with E-state index in [2.05, 4.69) is 21.4 Å². The number of likely N-dealkylation sites (tertiary alicyclic amines) is 1. The lowest BCUT2D eigenvalue weighted by atomic mass is 9.84. The third-order valence-corrected chi connectivity index (χ3v) is 6.57. The van der Waals surface area contributed by atoms with Crippen molar-refractivity contribution in [3.05, 3.63) is 46.6 Å². The van der Waals surface area contributed by atoms with E-state index in [0.29, 0.717) is 12.8 Å². The summed E-state index contributed by atoms with van der Waals surface area (Å²) in [4.78, 5) is 26.5. The Balaban J connectivity index is 1.53. The van der Waals surface area contributed by atoms with Crippen molar-refractivity contribution in [3.8, 4) is 6.07 Å². The van der Waals surface area contributed by atoms with Gasteiger partial charge in [0.15, 0.2) is 5.82 Å². The van der Waals surface area contributed by atoms with Crippen LogP contribution in [0, 0.1) is 17.2 Å². The number of benzene rings is 1. The lowest BCUT2D eigenvalue weighted by molar-refractivity contribution is -0.117. The maximum absolute atomic E-state index is 12.2. The standard InChI is InChI=1S/C22H25ClN6O2/c23-18-4-2-1-3-16(18)13-28-11-8-22(7-10-24,9-12-28)29-14-17(19(25)30)20(27-29)26-21(31)15-5-6-15/h1-4,14-15H,5-9,11-13H2,(H2,25,30)(H,26,27,31). The summed E-state index contributed by atoms with van der Waals surface area (Å²) in [7, 11) is 0. The molecular formula is C22H25ClN6O2. The fraction of sp³-hybridized carbons (Fsp3) is 0.455. The highest BCUT2D eigenvalue weighted by Gasteiger charge is 2.39. The number of carbonyl (C=O) groups excluding carboxylic acids is 2. The molecule has 2 aromatic rings. The Labute approximate surface area is 185 Å². The molecule has 4 rings (SSSR count). The molecule has 2 heterocycles. The van der Waals surface area contributed by atoms with E-state index in [4.69, 9.17) is 17.3 Å². The lowest BCUT2D eigenvalue weighted by Gasteiger charge is -2.40. The number of halogens is 1. The molecule has 2 fully saturated rings. The van der Waals surface area contributed by atoms with Crippen LogP contribution < -0.4 is 11.1 Å². The van der Waals surface area contributed by atoms with Gasteiger partial charge in [0.2, 0.25) is 5.91 Å². The maximum atomic E-state index is 12.2. The number of nitrogens with zero attached hydrogens (tertiary/aromatic N) is 4. The molecule has 31 heavy (non-hydrogen) atoms. The van der Waals surface area contributed by atoms with Crippen LogP contribution in [0.15, 0.2) is 30.5 Å². The van der Waals surface area contributed by atoms with E-state index >= 15 is 0 Å². The van der Waals surface area contributed by atoms with Crippen molar-refractivity contribution in [1.29, 1.82) is 5.26 Å². The molecule has 1 aliphatic heterocycles. The summed E-state index contributed by atoms with van der Waals surface area (Å²) in [5.41, 5.74) is 6.22. The molecule has 2 aliphatic rings. The van der Waals surface area contributed by atoms with E-state index in [1.807, 2.05) is 24.3 Å². The maximum Gasteiger partial charge on any atom is 0.254 e. The number of aromatic nitrogens is 2. The number of nitrogens with one attached hydrogen (secondary N) is 1. The number of amides is 2. The minimum absolute atomic E-state index is 0.0213. The molecule has 162 valence electrons. The van der Waals surface area contributed by atoms with Crippen LogP contribution in [0.4, 0.5) is 5.82 Å². The smallest absolute Gasteiger partial charge is 0.254 e. The SMILES string of the molecule is N#CCC1(n2cc(C(N)=O)c(NC(=O)C3CC3)n2)CCN(Cc2ccccc2Cl)CC1. The van der Waals surface area contributed by atoms with E-state index in [1.165, 1.54) is 0 Å². The zero-order valence-electron chi connectivity index (χ0n) is 17.2. The van der Waals surface area contributed by atoms with Gasteiger partial charge >= 0.3 is 0 Å². The average molecular weight is 441 g/mol. The zero-order chi connectivity index (χ0) is 22.0. The van der Waals surface area contributed by atoms with Gasteiger partial charge in [0.05, 0.1) is 18.0 Å². The van der Waals surface area contributed by atoms with Crippen LogP contribution in [0.2, 0.25) is 5.02 Å². The molecule has 1 aliphatic carbocycles. The Morgan fingerprint density at radius 1 is 1.29 bits per heavy atom. The molecule has 1 saturated heterocycles. The fourth-order valence-electron chi connectivity index (χ4n) is 4.08. The minimum atomic E-state index is -0.652. The van der Waals surface area contributed by atoms with Crippen LogP contribution in [-0.4, -0.2) is 39.6 Å². The highest BCUT2D eigenvalue weighted by Crippen LogP contribution is 2.36. The van der Waals surface area contributed by atoms with Gasteiger partial charge in [0.25, 0.3) is 5.91 Å². The first kappa shape index (κ1) is 21.3. The third kappa shape index (κ3) is 4.58. The summed E-state index contributed by atoms with van der Waals surface area (Å²) in [5.74, 6) is -0.635. The van der Waals surface area contributed by atoms with Gasteiger partial charge in [0, 0.05) is 36.8 Å². The Bertz CT molecular complexity index is 1030. The topological polar surface area (TPSA) is 117 Å². The normalized spacial score (nSPS) is 18.3. The van der Waals surface area contributed by atoms with Crippen molar-refractivity contribution < 1.29 is 9.59 Å². The second-order valence-corrected chi connectivity index (χ2v) is 8.80. The van der Waals surface area contributed by atoms with Crippen LogP contribution in [0.3, 0.4) is 0 Å². The number of carbonyl (C=O) groups is 2. The van der Waals surface area contributed by atoms with Gasteiger partial charge in [-0.1, -0.05) is 29.8 Å². The molecule has 0 spiro atoms. The van der Waals surface area contributed by atoms with Crippen molar-refractivity contribution in [3.63, 3.8) is 0 Å². The number of nitrogens with two attached hydrogens (primary N) is 1. The average Bonchev–Trinajstić information content (AvgIpc) is 3.51. The van der Waals surface area contributed by atoms with E-state index < -0.39 is 11.4 Å². The van der Waals surface area contributed by atoms with E-state index in [0.717, 1.165) is 43.1 Å². The second-order valence-electron chi connectivity index (χ2n) is 8.39. The molecule has 0 radical (unpaired) electrons. The van der Waals surface area contributed by atoms with Gasteiger partial charge in [-0.25, -0.2) is 0 Å². The summed E-state index contributed by atoms with van der Waals surface area (Å²) >= 11 is 6.30. The molecule has 9 heteroatoms. The first-order chi connectivity index (χ1) is 14.9. The number of primary amides is 1. The number of hydrogen-bond donors (Lipinski definition) is 2. The van der Waals surface area contributed by atoms with Crippen LogP contribution >= 0.6 is 11.6 Å². The van der Waals surface area contributed by atoms with Gasteiger partial charge in [-0.05, 0) is 37.3 Å². The van der Waals surface area contributed by atoms with Crippen molar-refractivity contribution in [2.45, 2.75) is 44.2 Å². The van der Waals surface area contributed by atoms with Gasteiger partial charge < -0.3 is 11.1 Å². The highest BCUT2D eigenvalue weighted by molar-refractivity contribution is 6.31. The predicted octanol–water partition coefficient (Wildman–Crippen LogP) is 2.89. The molecular weight excluding hydrogens is 416 g/mol. The summed E-state index contributed by atoms with van der Waals surface area (Å²) in [5, 5.41) is 17.5. The Kier molecular flexibility index (Phi) is 5.99. The van der Waals surface area contributed by atoms with Crippen molar-refractivity contribution in [2.75, 3.05) is 18.4 Å². The highest BCUT2D eigenvalue weighted by atomic mass is 35.5. The monoisotopic (exact) mass is 440 g/mol. The number of rotatable bonds is 7. The van der Waals surface area contributed by atoms with Gasteiger partial charge in [-0.2, -0.15) is 10.4 Å². The van der Waals surface area contributed by atoms with Crippen LogP contribution in [0.5, 0.6) is 0 Å². The predicted molar refractivity (Wildman–Crippen MR) is 116 cm³/mol. The van der Waals surface area contributed by atoms with E-state index in [1.54, 1.807) is 10.9 Å². The second kappa shape index (κ2) is 8.69. The number of piperidine rings is 1. The Morgan fingerprint density at radius 3 is 2.61 bits per heavy atom. The summed E-state index contributed by atoms with van der Waals surface area (Å²) in [6.45, 7) is 2.24. The Hall–Kier alpha value is -2.89.